The van der Waals surface area contributed by atoms with Gasteiger partial charge in [0.1, 0.15) is 0 Å². The van der Waals surface area contributed by atoms with E-state index in [1.54, 1.807) is 0 Å². The second-order valence-electron chi connectivity index (χ2n) is 7.31. The van der Waals surface area contributed by atoms with E-state index in [4.69, 9.17) is 0 Å². The van der Waals surface area contributed by atoms with Crippen molar-refractivity contribution in [3.8, 4) is 0 Å². The molecule has 1 saturated carbocycles. The van der Waals surface area contributed by atoms with Crippen molar-refractivity contribution in [1.29, 1.82) is 0 Å². The zero-order valence-electron chi connectivity index (χ0n) is 13.6. The van der Waals surface area contributed by atoms with Crippen LogP contribution in [0.1, 0.15) is 44.1 Å². The van der Waals surface area contributed by atoms with Gasteiger partial charge in [-0.1, -0.05) is 12.1 Å². The normalized spacial score (nSPS) is 26.5. The number of piperidine rings is 1. The number of nitrogens with zero attached hydrogens (tertiary/aromatic N) is 2. The Morgan fingerprint density at radius 3 is 2.41 bits per heavy atom. The molecule has 22 heavy (non-hydrogen) atoms. The van der Waals surface area contributed by atoms with Crippen LogP contribution in [0.4, 0.5) is 5.69 Å². The summed E-state index contributed by atoms with van der Waals surface area (Å²) in [6, 6.07) is 10.9. The minimum absolute atomic E-state index is 0.697. The van der Waals surface area contributed by atoms with Gasteiger partial charge in [-0.05, 0) is 56.2 Å². The smallest absolute Gasteiger partial charge is 0.0366 e. The summed E-state index contributed by atoms with van der Waals surface area (Å²) in [5, 5.41) is 3.75. The number of likely N-dealkylation sites (tertiary alicyclic amines) is 1. The van der Waals surface area contributed by atoms with Crippen LogP contribution in [0.25, 0.3) is 0 Å². The Hall–Kier alpha value is -1.06. The van der Waals surface area contributed by atoms with Gasteiger partial charge in [-0.25, -0.2) is 0 Å². The molecule has 2 aliphatic heterocycles. The van der Waals surface area contributed by atoms with Gasteiger partial charge in [0.15, 0.2) is 0 Å². The monoisotopic (exact) mass is 299 g/mol. The van der Waals surface area contributed by atoms with Crippen LogP contribution in [0.5, 0.6) is 0 Å². The Bertz CT molecular complexity index is 474. The van der Waals surface area contributed by atoms with Gasteiger partial charge in [-0.2, -0.15) is 0 Å². The van der Waals surface area contributed by atoms with E-state index in [9.17, 15) is 0 Å². The summed E-state index contributed by atoms with van der Waals surface area (Å²) in [6.45, 7) is 6.05. The van der Waals surface area contributed by atoms with Crippen molar-refractivity contribution in [2.75, 3.05) is 31.1 Å². The molecule has 3 fully saturated rings. The fourth-order valence-electron chi connectivity index (χ4n) is 3.96. The zero-order chi connectivity index (χ0) is 14.8. The van der Waals surface area contributed by atoms with Crippen molar-refractivity contribution in [2.24, 2.45) is 0 Å². The second kappa shape index (κ2) is 6.59. The van der Waals surface area contributed by atoms with Crippen molar-refractivity contribution >= 4 is 5.69 Å². The first-order chi connectivity index (χ1) is 10.9. The number of hydrogen-bond donors (Lipinski definition) is 1. The molecule has 0 amide bonds. The van der Waals surface area contributed by atoms with Gasteiger partial charge in [0.25, 0.3) is 0 Å². The summed E-state index contributed by atoms with van der Waals surface area (Å²) >= 11 is 0. The molecule has 2 heterocycles. The molecule has 1 N–H and O–H groups in total. The van der Waals surface area contributed by atoms with Gasteiger partial charge >= 0.3 is 0 Å². The highest BCUT2D eigenvalue weighted by Gasteiger charge is 2.33. The Morgan fingerprint density at radius 1 is 0.909 bits per heavy atom. The molecular formula is C19H29N3. The summed E-state index contributed by atoms with van der Waals surface area (Å²) in [4.78, 5) is 5.21. The number of anilines is 1. The largest absolute Gasteiger partial charge is 0.372 e. The van der Waals surface area contributed by atoms with Gasteiger partial charge in [0.2, 0.25) is 0 Å². The number of nitrogens with one attached hydrogen (secondary N) is 1. The molecule has 0 radical (unpaired) electrons. The average Bonchev–Trinajstić information content (AvgIpc) is 3.33. The van der Waals surface area contributed by atoms with Gasteiger partial charge in [0, 0.05) is 50.5 Å². The van der Waals surface area contributed by atoms with E-state index in [2.05, 4.69) is 39.4 Å². The molecule has 1 aromatic carbocycles. The third kappa shape index (κ3) is 3.47. The maximum Gasteiger partial charge on any atom is 0.0366 e. The lowest BCUT2D eigenvalue weighted by Crippen LogP contribution is -2.33. The summed E-state index contributed by atoms with van der Waals surface area (Å²) in [5.41, 5.74) is 2.83. The Balaban J connectivity index is 1.26. The second-order valence-corrected chi connectivity index (χ2v) is 7.31. The van der Waals surface area contributed by atoms with E-state index in [0.717, 1.165) is 12.6 Å². The van der Waals surface area contributed by atoms with Crippen LogP contribution in [0.15, 0.2) is 24.3 Å². The molecule has 3 nitrogen and oxygen atoms in total. The molecule has 120 valence electrons. The lowest BCUT2D eigenvalue weighted by molar-refractivity contribution is 0.317. The van der Waals surface area contributed by atoms with E-state index in [1.165, 1.54) is 76.0 Å². The lowest BCUT2D eigenvalue weighted by Gasteiger charge is -2.29. The van der Waals surface area contributed by atoms with E-state index < -0.39 is 0 Å². The molecule has 1 aliphatic carbocycles. The maximum absolute atomic E-state index is 3.75. The topological polar surface area (TPSA) is 18.5 Å². The fraction of sp³-hybridized carbons (Fsp3) is 0.684. The summed E-state index contributed by atoms with van der Waals surface area (Å²) in [7, 11) is 0. The minimum atomic E-state index is 0.697. The number of rotatable bonds is 5. The minimum Gasteiger partial charge on any atom is -0.372 e. The van der Waals surface area contributed by atoms with Crippen LogP contribution in [0.2, 0.25) is 0 Å². The van der Waals surface area contributed by atoms with E-state index >= 15 is 0 Å². The molecule has 0 unspecified atom stereocenters. The van der Waals surface area contributed by atoms with E-state index in [-0.39, 0.29) is 0 Å². The highest BCUT2D eigenvalue weighted by Crippen LogP contribution is 2.29. The van der Waals surface area contributed by atoms with Gasteiger partial charge in [-0.15, -0.1) is 0 Å². The highest BCUT2D eigenvalue weighted by molar-refractivity contribution is 5.47. The van der Waals surface area contributed by atoms with Crippen molar-refractivity contribution in [1.82, 2.24) is 10.2 Å². The van der Waals surface area contributed by atoms with Crippen molar-refractivity contribution in [3.63, 3.8) is 0 Å². The Kier molecular flexibility index (Phi) is 4.35. The predicted molar refractivity (Wildman–Crippen MR) is 92.3 cm³/mol. The fourth-order valence-corrected chi connectivity index (χ4v) is 3.96. The number of hydrogen-bond acceptors (Lipinski definition) is 3. The molecule has 0 spiro atoms. The van der Waals surface area contributed by atoms with Crippen molar-refractivity contribution in [2.45, 2.75) is 57.2 Å². The standard InChI is InChI=1S/C19H29N3/c1-2-11-21(12-3-1)18-6-4-16(5-7-18)14-20-17-10-13-22(15-17)19-8-9-19/h4-7,17,19-20H,1-3,8-15H2/t17-/m0/s1. The van der Waals surface area contributed by atoms with Crippen LogP contribution in [0, 0.1) is 0 Å². The molecule has 2 saturated heterocycles. The Morgan fingerprint density at radius 2 is 1.68 bits per heavy atom. The summed E-state index contributed by atoms with van der Waals surface area (Å²) in [5.74, 6) is 0. The summed E-state index contributed by atoms with van der Waals surface area (Å²) < 4.78 is 0. The molecule has 3 aliphatic rings. The van der Waals surface area contributed by atoms with Gasteiger partial charge in [0.05, 0.1) is 0 Å². The molecular weight excluding hydrogens is 270 g/mol. The molecule has 0 aromatic heterocycles. The van der Waals surface area contributed by atoms with Crippen LogP contribution in [-0.4, -0.2) is 43.2 Å². The van der Waals surface area contributed by atoms with E-state index in [0.29, 0.717) is 6.04 Å². The third-order valence-electron chi connectivity index (χ3n) is 5.54. The molecule has 0 bridgehead atoms. The van der Waals surface area contributed by atoms with Gasteiger partial charge < -0.3 is 10.2 Å². The number of benzene rings is 1. The van der Waals surface area contributed by atoms with Gasteiger partial charge in [-0.3, -0.25) is 4.90 Å². The first-order valence-corrected chi connectivity index (χ1v) is 9.20. The highest BCUT2D eigenvalue weighted by atomic mass is 15.2. The Labute approximate surface area is 134 Å². The predicted octanol–water partition coefficient (Wildman–Crippen LogP) is 3.00. The van der Waals surface area contributed by atoms with Crippen LogP contribution < -0.4 is 10.2 Å². The first kappa shape index (κ1) is 14.5. The molecule has 4 rings (SSSR count). The first-order valence-electron chi connectivity index (χ1n) is 9.20. The van der Waals surface area contributed by atoms with Crippen molar-refractivity contribution in [3.05, 3.63) is 29.8 Å². The van der Waals surface area contributed by atoms with Crippen LogP contribution in [-0.2, 0) is 6.54 Å². The van der Waals surface area contributed by atoms with E-state index in [1.807, 2.05) is 0 Å². The SMILES string of the molecule is c1cc(N2CCCCC2)ccc1CN[C@H]1CCN(C2CC2)C1. The van der Waals surface area contributed by atoms with Crippen LogP contribution in [0.3, 0.4) is 0 Å². The third-order valence-corrected chi connectivity index (χ3v) is 5.54. The summed E-state index contributed by atoms with van der Waals surface area (Å²) in [6.07, 6.45) is 8.29. The quantitative estimate of drug-likeness (QED) is 0.901. The zero-order valence-corrected chi connectivity index (χ0v) is 13.6. The average molecular weight is 299 g/mol. The molecule has 1 aromatic rings. The van der Waals surface area contributed by atoms with Crippen LogP contribution >= 0.6 is 0 Å². The molecule has 3 heteroatoms. The molecule has 1 atom stereocenters. The van der Waals surface area contributed by atoms with Crippen molar-refractivity contribution < 1.29 is 0 Å². The maximum atomic E-state index is 3.75. The lowest BCUT2D eigenvalue weighted by atomic mass is 10.1.